The summed E-state index contributed by atoms with van der Waals surface area (Å²) >= 11 is 1.55. The lowest BCUT2D eigenvalue weighted by atomic mass is 10.2. The topological polar surface area (TPSA) is 62.2 Å². The van der Waals surface area contributed by atoms with Crippen molar-refractivity contribution in [2.24, 2.45) is 0 Å². The van der Waals surface area contributed by atoms with Crippen molar-refractivity contribution in [2.75, 3.05) is 6.61 Å². The van der Waals surface area contributed by atoms with Crippen LogP contribution in [0, 0.1) is 6.92 Å². The van der Waals surface area contributed by atoms with E-state index in [4.69, 9.17) is 5.11 Å². The number of carbonyl (C=O) groups excluding carboxylic acids is 1. The lowest BCUT2D eigenvalue weighted by Gasteiger charge is -2.01. The number of aromatic nitrogens is 1. The third-order valence-corrected chi connectivity index (χ3v) is 2.88. The molecule has 1 aromatic heterocycles. The van der Waals surface area contributed by atoms with Crippen molar-refractivity contribution in [1.29, 1.82) is 0 Å². The van der Waals surface area contributed by atoms with Crippen LogP contribution in [0.2, 0.25) is 0 Å². The molecule has 0 spiro atoms. The average molecular weight is 228 g/mol. The first kappa shape index (κ1) is 12.1. The van der Waals surface area contributed by atoms with Gasteiger partial charge in [0, 0.05) is 24.1 Å². The van der Waals surface area contributed by atoms with Gasteiger partial charge in [0.2, 0.25) is 5.91 Å². The Morgan fingerprint density at radius 2 is 2.40 bits per heavy atom. The SMILES string of the molecule is Cc1csc(CNC(=O)CCCCO)n1. The summed E-state index contributed by atoms with van der Waals surface area (Å²) < 4.78 is 0. The third kappa shape index (κ3) is 4.90. The fourth-order valence-corrected chi connectivity index (χ4v) is 1.86. The minimum Gasteiger partial charge on any atom is -0.396 e. The molecule has 0 atom stereocenters. The lowest BCUT2D eigenvalue weighted by Crippen LogP contribution is -2.22. The summed E-state index contributed by atoms with van der Waals surface area (Å²) in [6.07, 6.45) is 1.90. The monoisotopic (exact) mass is 228 g/mol. The Morgan fingerprint density at radius 3 is 3.00 bits per heavy atom. The first-order valence-corrected chi connectivity index (χ1v) is 5.89. The zero-order valence-corrected chi connectivity index (χ0v) is 9.64. The summed E-state index contributed by atoms with van der Waals surface area (Å²) in [5.74, 6) is 0.0244. The molecule has 0 saturated carbocycles. The van der Waals surface area contributed by atoms with Crippen LogP contribution in [0.4, 0.5) is 0 Å². The standard InChI is InChI=1S/C10H16N2O2S/c1-8-7-15-10(12-8)6-11-9(14)4-2-3-5-13/h7,13H,2-6H2,1H3,(H,11,14). The van der Waals surface area contributed by atoms with Crippen molar-refractivity contribution in [3.63, 3.8) is 0 Å². The van der Waals surface area contributed by atoms with Gasteiger partial charge in [-0.15, -0.1) is 11.3 Å². The summed E-state index contributed by atoms with van der Waals surface area (Å²) in [5, 5.41) is 14.2. The summed E-state index contributed by atoms with van der Waals surface area (Å²) in [7, 11) is 0. The van der Waals surface area contributed by atoms with Crippen LogP contribution in [0.1, 0.15) is 30.0 Å². The molecule has 1 amide bonds. The maximum atomic E-state index is 11.3. The van der Waals surface area contributed by atoms with E-state index in [-0.39, 0.29) is 12.5 Å². The lowest BCUT2D eigenvalue weighted by molar-refractivity contribution is -0.121. The van der Waals surface area contributed by atoms with E-state index in [0.717, 1.165) is 17.1 Å². The van der Waals surface area contributed by atoms with Crippen LogP contribution < -0.4 is 5.32 Å². The van der Waals surface area contributed by atoms with E-state index < -0.39 is 0 Å². The second kappa shape index (κ2) is 6.53. The number of nitrogens with zero attached hydrogens (tertiary/aromatic N) is 1. The van der Waals surface area contributed by atoms with Gasteiger partial charge < -0.3 is 10.4 Å². The molecule has 0 aromatic carbocycles. The number of aliphatic hydroxyl groups is 1. The number of amides is 1. The number of rotatable bonds is 6. The van der Waals surface area contributed by atoms with Gasteiger partial charge in [-0.25, -0.2) is 4.98 Å². The van der Waals surface area contributed by atoms with Gasteiger partial charge in [0.1, 0.15) is 5.01 Å². The Balaban J connectivity index is 2.16. The Hall–Kier alpha value is -0.940. The van der Waals surface area contributed by atoms with Crippen LogP contribution in [0.5, 0.6) is 0 Å². The van der Waals surface area contributed by atoms with E-state index in [2.05, 4.69) is 10.3 Å². The molecular formula is C10H16N2O2S. The number of thiazole rings is 1. The second-order valence-corrected chi connectivity index (χ2v) is 4.28. The molecule has 1 aromatic rings. The van der Waals surface area contributed by atoms with Gasteiger partial charge in [-0.05, 0) is 19.8 Å². The predicted molar refractivity (Wildman–Crippen MR) is 59.6 cm³/mol. The van der Waals surface area contributed by atoms with Gasteiger partial charge in [0.25, 0.3) is 0 Å². The zero-order chi connectivity index (χ0) is 11.1. The van der Waals surface area contributed by atoms with Crippen molar-refractivity contribution < 1.29 is 9.90 Å². The minimum atomic E-state index is 0.0244. The molecule has 0 aliphatic heterocycles. The van der Waals surface area contributed by atoms with E-state index in [9.17, 15) is 4.79 Å². The van der Waals surface area contributed by atoms with Gasteiger partial charge in [0.05, 0.1) is 6.54 Å². The average Bonchev–Trinajstić information content (AvgIpc) is 2.62. The van der Waals surface area contributed by atoms with E-state index in [1.54, 1.807) is 11.3 Å². The smallest absolute Gasteiger partial charge is 0.220 e. The highest BCUT2D eigenvalue weighted by Gasteiger charge is 2.02. The number of unbranched alkanes of at least 4 members (excludes halogenated alkanes) is 1. The van der Waals surface area contributed by atoms with Crippen molar-refractivity contribution >= 4 is 17.2 Å². The van der Waals surface area contributed by atoms with Crippen LogP contribution in [-0.4, -0.2) is 22.6 Å². The van der Waals surface area contributed by atoms with E-state index in [0.29, 0.717) is 19.4 Å². The first-order valence-electron chi connectivity index (χ1n) is 5.01. The minimum absolute atomic E-state index is 0.0244. The Labute approximate surface area is 93.4 Å². The summed E-state index contributed by atoms with van der Waals surface area (Å²) in [6, 6.07) is 0. The zero-order valence-electron chi connectivity index (χ0n) is 8.82. The maximum Gasteiger partial charge on any atom is 0.220 e. The van der Waals surface area contributed by atoms with Gasteiger partial charge in [-0.2, -0.15) is 0 Å². The highest BCUT2D eigenvalue weighted by atomic mass is 32.1. The van der Waals surface area contributed by atoms with Crippen LogP contribution in [-0.2, 0) is 11.3 Å². The number of carbonyl (C=O) groups is 1. The number of aryl methyl sites for hydroxylation is 1. The predicted octanol–water partition coefficient (Wildman–Crippen LogP) is 1.23. The Morgan fingerprint density at radius 1 is 1.60 bits per heavy atom. The quantitative estimate of drug-likeness (QED) is 0.720. The molecule has 1 rings (SSSR count). The molecule has 0 aliphatic carbocycles. The molecule has 15 heavy (non-hydrogen) atoms. The Kier molecular flexibility index (Phi) is 5.28. The van der Waals surface area contributed by atoms with E-state index in [1.807, 2.05) is 12.3 Å². The molecule has 0 aliphatic rings. The number of aliphatic hydroxyl groups excluding tert-OH is 1. The van der Waals surface area contributed by atoms with Crippen molar-refractivity contribution in [3.05, 3.63) is 16.1 Å². The maximum absolute atomic E-state index is 11.3. The molecule has 2 N–H and O–H groups in total. The summed E-state index contributed by atoms with van der Waals surface area (Å²) in [5.41, 5.74) is 0.990. The van der Waals surface area contributed by atoms with E-state index in [1.165, 1.54) is 0 Å². The van der Waals surface area contributed by atoms with E-state index >= 15 is 0 Å². The van der Waals surface area contributed by atoms with Crippen LogP contribution in [0.25, 0.3) is 0 Å². The van der Waals surface area contributed by atoms with Gasteiger partial charge in [-0.3, -0.25) is 4.79 Å². The van der Waals surface area contributed by atoms with Crippen LogP contribution in [0.3, 0.4) is 0 Å². The molecule has 0 radical (unpaired) electrons. The van der Waals surface area contributed by atoms with Crippen molar-refractivity contribution in [3.8, 4) is 0 Å². The molecule has 0 fully saturated rings. The third-order valence-electron chi connectivity index (χ3n) is 1.92. The normalized spacial score (nSPS) is 10.3. The molecule has 84 valence electrons. The molecule has 4 nitrogen and oxygen atoms in total. The second-order valence-electron chi connectivity index (χ2n) is 3.34. The van der Waals surface area contributed by atoms with Crippen molar-refractivity contribution in [2.45, 2.75) is 32.7 Å². The Bertz CT molecular complexity index is 312. The fraction of sp³-hybridized carbons (Fsp3) is 0.600. The van der Waals surface area contributed by atoms with Gasteiger partial charge >= 0.3 is 0 Å². The molecule has 0 saturated heterocycles. The largest absolute Gasteiger partial charge is 0.396 e. The van der Waals surface area contributed by atoms with Crippen LogP contribution in [0.15, 0.2) is 5.38 Å². The number of hydrogen-bond donors (Lipinski definition) is 2. The molecule has 5 heteroatoms. The summed E-state index contributed by atoms with van der Waals surface area (Å²) in [4.78, 5) is 15.5. The number of hydrogen-bond acceptors (Lipinski definition) is 4. The highest BCUT2D eigenvalue weighted by molar-refractivity contribution is 7.09. The van der Waals surface area contributed by atoms with Crippen LogP contribution >= 0.6 is 11.3 Å². The van der Waals surface area contributed by atoms with Crippen molar-refractivity contribution in [1.82, 2.24) is 10.3 Å². The molecular weight excluding hydrogens is 212 g/mol. The highest BCUT2D eigenvalue weighted by Crippen LogP contribution is 2.07. The van der Waals surface area contributed by atoms with Gasteiger partial charge in [0.15, 0.2) is 0 Å². The fourth-order valence-electron chi connectivity index (χ4n) is 1.14. The molecule has 0 unspecified atom stereocenters. The number of nitrogens with one attached hydrogen (secondary N) is 1. The first-order chi connectivity index (χ1) is 7.22. The molecule has 1 heterocycles. The molecule has 0 bridgehead atoms. The van der Waals surface area contributed by atoms with Gasteiger partial charge in [-0.1, -0.05) is 0 Å². The summed E-state index contributed by atoms with van der Waals surface area (Å²) in [6.45, 7) is 2.60.